The second-order valence-corrected chi connectivity index (χ2v) is 5.97. The summed E-state index contributed by atoms with van der Waals surface area (Å²) in [5, 5.41) is 5.67. The first-order chi connectivity index (χ1) is 13.0. The molecule has 0 unspecified atom stereocenters. The maximum Gasteiger partial charge on any atom is 0.419 e. The first-order valence-electron chi connectivity index (χ1n) is 8.09. The number of aromatic nitrogens is 1. The molecule has 27 heavy (non-hydrogen) atoms. The lowest BCUT2D eigenvalue weighted by atomic mass is 10.2. The Hall–Kier alpha value is -3.13. The Bertz CT molecular complexity index is 1060. The molecule has 0 saturated carbocycles. The molecule has 0 saturated heterocycles. The van der Waals surface area contributed by atoms with Crippen LogP contribution in [0.4, 0.5) is 16.2 Å². The van der Waals surface area contributed by atoms with Crippen LogP contribution in [0.15, 0.2) is 39.5 Å². The van der Waals surface area contributed by atoms with Crippen molar-refractivity contribution in [2.45, 2.75) is 13.5 Å². The summed E-state index contributed by atoms with van der Waals surface area (Å²) in [7, 11) is 2.96. The van der Waals surface area contributed by atoms with E-state index >= 15 is 0 Å². The van der Waals surface area contributed by atoms with Gasteiger partial charge in [0.2, 0.25) is 0 Å². The minimum absolute atomic E-state index is 0.331. The third kappa shape index (κ3) is 3.70. The van der Waals surface area contributed by atoms with Gasteiger partial charge in [0.15, 0.2) is 5.58 Å². The first-order valence-corrected chi connectivity index (χ1v) is 8.47. The lowest BCUT2D eigenvalue weighted by molar-refractivity contribution is 0.262. The van der Waals surface area contributed by atoms with Gasteiger partial charge in [0.1, 0.15) is 11.5 Å². The molecule has 0 aliphatic heterocycles. The fraction of sp³-hybridized carbons (Fsp3) is 0.222. The average Bonchev–Trinajstić information content (AvgIpc) is 2.96. The molecular weight excluding hydrogens is 374 g/mol. The van der Waals surface area contributed by atoms with Crippen LogP contribution in [0, 0.1) is 0 Å². The topological polar surface area (TPSA) is 94.7 Å². The van der Waals surface area contributed by atoms with Crippen LogP contribution in [0.5, 0.6) is 11.5 Å². The van der Waals surface area contributed by atoms with Crippen molar-refractivity contribution in [2.75, 3.05) is 24.9 Å². The van der Waals surface area contributed by atoms with Crippen LogP contribution in [0.3, 0.4) is 0 Å². The molecule has 8 nitrogen and oxygen atoms in total. The van der Waals surface area contributed by atoms with Gasteiger partial charge in [0.05, 0.1) is 30.4 Å². The molecule has 9 heteroatoms. The fourth-order valence-corrected chi connectivity index (χ4v) is 2.93. The molecule has 2 aromatic carbocycles. The number of halogens is 1. The number of amides is 2. The lowest BCUT2D eigenvalue weighted by Gasteiger charge is -2.13. The van der Waals surface area contributed by atoms with Crippen molar-refractivity contribution in [2.24, 2.45) is 0 Å². The first kappa shape index (κ1) is 18.7. The summed E-state index contributed by atoms with van der Waals surface area (Å²) in [4.78, 5) is 24.1. The fourth-order valence-electron chi connectivity index (χ4n) is 2.69. The van der Waals surface area contributed by atoms with Gasteiger partial charge < -0.3 is 24.5 Å². The molecule has 0 atom stereocenters. The number of fused-ring (bicyclic) bond motifs is 1. The average molecular weight is 392 g/mol. The largest absolute Gasteiger partial charge is 0.495 e. The molecule has 142 valence electrons. The summed E-state index contributed by atoms with van der Waals surface area (Å²) in [6, 6.07) is 7.58. The van der Waals surface area contributed by atoms with Crippen molar-refractivity contribution in [1.29, 1.82) is 0 Å². The van der Waals surface area contributed by atoms with Gasteiger partial charge in [-0.3, -0.25) is 4.57 Å². The summed E-state index contributed by atoms with van der Waals surface area (Å²) in [6.45, 7) is 2.35. The van der Waals surface area contributed by atoms with Crippen molar-refractivity contribution >= 4 is 40.1 Å². The van der Waals surface area contributed by atoms with Gasteiger partial charge in [-0.1, -0.05) is 11.6 Å². The number of ether oxygens (including phenoxy) is 2. The van der Waals surface area contributed by atoms with Gasteiger partial charge >= 0.3 is 11.8 Å². The van der Waals surface area contributed by atoms with Gasteiger partial charge in [-0.15, -0.1) is 0 Å². The van der Waals surface area contributed by atoms with E-state index in [0.717, 1.165) is 0 Å². The van der Waals surface area contributed by atoms with Crippen LogP contribution in [0.1, 0.15) is 6.92 Å². The Kier molecular flexibility index (Phi) is 5.27. The second-order valence-electron chi connectivity index (χ2n) is 5.56. The third-order valence-electron chi connectivity index (χ3n) is 3.96. The highest BCUT2D eigenvalue weighted by Crippen LogP contribution is 2.36. The zero-order chi connectivity index (χ0) is 19.6. The summed E-state index contributed by atoms with van der Waals surface area (Å²) in [5.74, 6) is 0.389. The Labute approximate surface area is 159 Å². The maximum atomic E-state index is 12.3. The van der Waals surface area contributed by atoms with Gasteiger partial charge in [0, 0.05) is 24.4 Å². The van der Waals surface area contributed by atoms with E-state index in [1.165, 1.54) is 24.9 Å². The molecule has 0 radical (unpaired) electrons. The monoisotopic (exact) mass is 391 g/mol. The van der Waals surface area contributed by atoms with Gasteiger partial charge in [0.25, 0.3) is 0 Å². The normalized spacial score (nSPS) is 10.7. The molecule has 0 aliphatic carbocycles. The second kappa shape index (κ2) is 7.63. The zero-order valence-electron chi connectivity index (χ0n) is 15.0. The van der Waals surface area contributed by atoms with Crippen LogP contribution in [-0.4, -0.2) is 24.8 Å². The van der Waals surface area contributed by atoms with Crippen molar-refractivity contribution < 1.29 is 18.7 Å². The van der Waals surface area contributed by atoms with Crippen molar-refractivity contribution in [3.8, 4) is 11.5 Å². The SMILES string of the molecule is CCn1c(=O)oc2cc(NC(=O)Nc3cc(Cl)c(OC)cc3OC)ccc21. The number of methoxy groups -OCH3 is 2. The van der Waals surface area contributed by atoms with E-state index < -0.39 is 11.8 Å². The Balaban J connectivity index is 1.81. The number of aryl methyl sites for hydroxylation is 1. The third-order valence-corrected chi connectivity index (χ3v) is 4.26. The molecule has 0 spiro atoms. The molecule has 1 heterocycles. The number of rotatable bonds is 5. The number of anilines is 2. The van der Waals surface area contributed by atoms with E-state index in [9.17, 15) is 9.59 Å². The summed E-state index contributed by atoms with van der Waals surface area (Å²) in [5.41, 5.74) is 1.91. The summed E-state index contributed by atoms with van der Waals surface area (Å²) in [6.07, 6.45) is 0. The number of nitrogens with zero attached hydrogens (tertiary/aromatic N) is 1. The zero-order valence-corrected chi connectivity index (χ0v) is 15.7. The van der Waals surface area contributed by atoms with E-state index in [1.54, 1.807) is 24.3 Å². The van der Waals surface area contributed by atoms with E-state index in [2.05, 4.69) is 10.6 Å². The molecule has 3 rings (SSSR count). The van der Waals surface area contributed by atoms with Crippen LogP contribution in [0.25, 0.3) is 11.1 Å². The van der Waals surface area contributed by atoms with Gasteiger partial charge in [-0.25, -0.2) is 9.59 Å². The number of benzene rings is 2. The highest BCUT2D eigenvalue weighted by atomic mass is 35.5. The molecule has 0 aliphatic rings. The molecule has 0 fully saturated rings. The van der Waals surface area contributed by atoms with Crippen molar-refractivity contribution in [3.05, 3.63) is 45.9 Å². The molecule has 1 aromatic heterocycles. The summed E-state index contributed by atoms with van der Waals surface area (Å²) >= 11 is 6.10. The Morgan fingerprint density at radius 1 is 1.15 bits per heavy atom. The van der Waals surface area contributed by atoms with Gasteiger partial charge in [-0.2, -0.15) is 0 Å². The van der Waals surface area contributed by atoms with E-state index in [4.69, 9.17) is 25.5 Å². The van der Waals surface area contributed by atoms with E-state index in [1.807, 2.05) is 6.92 Å². The van der Waals surface area contributed by atoms with Crippen LogP contribution in [-0.2, 0) is 6.54 Å². The van der Waals surface area contributed by atoms with E-state index in [-0.39, 0.29) is 0 Å². The minimum Gasteiger partial charge on any atom is -0.495 e. The number of carbonyl (C=O) groups is 1. The highest BCUT2D eigenvalue weighted by molar-refractivity contribution is 6.32. The van der Waals surface area contributed by atoms with Gasteiger partial charge in [-0.05, 0) is 25.1 Å². The number of hydrogen-bond acceptors (Lipinski definition) is 5. The number of nitrogens with one attached hydrogen (secondary N) is 2. The number of hydrogen-bond donors (Lipinski definition) is 2. The standard InChI is InChI=1S/C18H18ClN3O5/c1-4-22-13-6-5-10(7-16(13)27-18(22)24)20-17(23)21-12-8-11(19)14(25-2)9-15(12)26-3/h5-9H,4H2,1-3H3,(H2,20,21,23). The quantitative estimate of drug-likeness (QED) is 0.687. The minimum atomic E-state index is -0.508. The predicted molar refractivity (Wildman–Crippen MR) is 103 cm³/mol. The smallest absolute Gasteiger partial charge is 0.419 e. The molecule has 2 amide bonds. The summed E-state index contributed by atoms with van der Waals surface area (Å²) < 4.78 is 17.1. The van der Waals surface area contributed by atoms with E-state index in [0.29, 0.717) is 45.5 Å². The lowest BCUT2D eigenvalue weighted by Crippen LogP contribution is -2.19. The van der Waals surface area contributed by atoms with Crippen LogP contribution in [0.2, 0.25) is 5.02 Å². The Morgan fingerprint density at radius 3 is 2.56 bits per heavy atom. The number of urea groups is 1. The van der Waals surface area contributed by atoms with Crippen LogP contribution >= 0.6 is 11.6 Å². The van der Waals surface area contributed by atoms with Crippen molar-refractivity contribution in [3.63, 3.8) is 0 Å². The molecule has 3 aromatic rings. The van der Waals surface area contributed by atoms with Crippen molar-refractivity contribution in [1.82, 2.24) is 4.57 Å². The maximum absolute atomic E-state index is 12.3. The highest BCUT2D eigenvalue weighted by Gasteiger charge is 2.14. The Morgan fingerprint density at radius 2 is 1.89 bits per heavy atom. The molecular formula is C18H18ClN3O5. The number of carbonyl (C=O) groups excluding carboxylic acids is 1. The molecule has 0 bridgehead atoms. The molecule has 2 N–H and O–H groups in total. The number of oxazole rings is 1. The predicted octanol–water partition coefficient (Wildman–Crippen LogP) is 3.93. The van der Waals surface area contributed by atoms with Crippen LogP contribution < -0.4 is 25.9 Å².